The maximum atomic E-state index is 13.6. The van der Waals surface area contributed by atoms with Crippen LogP contribution < -0.4 is 9.64 Å². The van der Waals surface area contributed by atoms with E-state index in [0.29, 0.717) is 54.6 Å². The number of rotatable bonds is 4. The number of piperidine rings is 1. The van der Waals surface area contributed by atoms with Gasteiger partial charge in [-0.25, -0.2) is 19.3 Å². The smallest absolute Gasteiger partial charge is 0.198 e. The molecule has 4 heterocycles. The molecule has 4 aromatic rings. The summed E-state index contributed by atoms with van der Waals surface area (Å²) in [5.41, 5.74) is 3.86. The van der Waals surface area contributed by atoms with Gasteiger partial charge in [0.2, 0.25) is 0 Å². The van der Waals surface area contributed by atoms with Crippen molar-refractivity contribution in [3.63, 3.8) is 0 Å². The minimum absolute atomic E-state index is 0.473. The number of anilines is 1. The van der Waals surface area contributed by atoms with Crippen molar-refractivity contribution in [2.75, 3.05) is 25.1 Å². The first-order valence-corrected chi connectivity index (χ1v) is 9.97. The van der Waals surface area contributed by atoms with E-state index in [0.717, 1.165) is 22.5 Å². The van der Waals surface area contributed by atoms with Crippen LogP contribution in [0.3, 0.4) is 0 Å². The Kier molecular flexibility index (Phi) is 4.61. The highest BCUT2D eigenvalue weighted by Crippen LogP contribution is 2.34. The molecule has 1 N–H and O–H groups in total. The van der Waals surface area contributed by atoms with Crippen molar-refractivity contribution >= 4 is 16.9 Å². The Morgan fingerprint density at radius 3 is 2.73 bits per heavy atom. The van der Waals surface area contributed by atoms with Crippen LogP contribution in [-0.4, -0.2) is 46.3 Å². The molecule has 1 aliphatic rings. The molecule has 8 heteroatoms. The summed E-state index contributed by atoms with van der Waals surface area (Å²) in [7, 11) is 1.64. The van der Waals surface area contributed by atoms with Gasteiger partial charge >= 0.3 is 0 Å². The number of alkyl halides is 1. The topological polar surface area (TPSA) is 80.1 Å². The van der Waals surface area contributed by atoms with Crippen LogP contribution in [0.2, 0.25) is 0 Å². The molecule has 7 nitrogen and oxygen atoms in total. The summed E-state index contributed by atoms with van der Waals surface area (Å²) in [6.07, 6.45) is 1.95. The van der Waals surface area contributed by atoms with E-state index in [4.69, 9.17) is 14.1 Å². The molecular formula is C22H22FN5O2. The Morgan fingerprint density at radius 1 is 1.17 bits per heavy atom. The Labute approximate surface area is 172 Å². The highest BCUT2D eigenvalue weighted by atomic mass is 19.1. The number of benzene rings is 1. The molecule has 1 saturated heterocycles. The van der Waals surface area contributed by atoms with Crippen LogP contribution in [0.15, 0.2) is 41.1 Å². The number of methoxy groups -OCH3 is 1. The largest absolute Gasteiger partial charge is 0.497 e. The molecule has 154 valence electrons. The summed E-state index contributed by atoms with van der Waals surface area (Å²) in [5, 5.41) is 0. The van der Waals surface area contributed by atoms with E-state index in [1.54, 1.807) is 13.4 Å². The lowest BCUT2D eigenvalue weighted by Crippen LogP contribution is -2.34. The number of H-pyrrole nitrogens is 1. The van der Waals surface area contributed by atoms with Gasteiger partial charge in [0.1, 0.15) is 28.9 Å². The van der Waals surface area contributed by atoms with Gasteiger partial charge in [0, 0.05) is 30.4 Å². The fourth-order valence-electron chi connectivity index (χ4n) is 3.83. The third kappa shape index (κ3) is 3.38. The average molecular weight is 407 g/mol. The van der Waals surface area contributed by atoms with Gasteiger partial charge in [0.05, 0.1) is 13.4 Å². The minimum Gasteiger partial charge on any atom is -0.497 e. The van der Waals surface area contributed by atoms with E-state index in [1.807, 2.05) is 31.2 Å². The summed E-state index contributed by atoms with van der Waals surface area (Å²) >= 11 is 0. The van der Waals surface area contributed by atoms with E-state index in [1.165, 1.54) is 0 Å². The molecule has 0 saturated carbocycles. The summed E-state index contributed by atoms with van der Waals surface area (Å²) < 4.78 is 24.9. The van der Waals surface area contributed by atoms with Crippen LogP contribution >= 0.6 is 0 Å². The van der Waals surface area contributed by atoms with Crippen molar-refractivity contribution in [3.8, 4) is 28.6 Å². The Balaban J connectivity index is 1.64. The molecule has 5 rings (SSSR count). The van der Waals surface area contributed by atoms with Crippen LogP contribution in [0.4, 0.5) is 10.1 Å². The maximum absolute atomic E-state index is 13.6. The molecule has 0 aliphatic carbocycles. The van der Waals surface area contributed by atoms with E-state index in [2.05, 4.69) is 25.9 Å². The lowest BCUT2D eigenvalue weighted by atomic mass is 10.1. The Morgan fingerprint density at radius 2 is 2.00 bits per heavy atom. The number of hydrogen-bond donors (Lipinski definition) is 1. The van der Waals surface area contributed by atoms with E-state index in [9.17, 15) is 4.39 Å². The van der Waals surface area contributed by atoms with Crippen LogP contribution in [0.5, 0.6) is 5.75 Å². The zero-order chi connectivity index (χ0) is 20.7. The van der Waals surface area contributed by atoms with Gasteiger partial charge in [-0.3, -0.25) is 0 Å². The number of halogens is 1. The van der Waals surface area contributed by atoms with Gasteiger partial charge < -0.3 is 19.0 Å². The highest BCUT2D eigenvalue weighted by molar-refractivity contribution is 5.89. The Bertz CT molecular complexity index is 1190. The fourth-order valence-corrected chi connectivity index (χ4v) is 3.83. The molecule has 0 unspecified atom stereocenters. The first kappa shape index (κ1) is 18.6. The van der Waals surface area contributed by atoms with Gasteiger partial charge in [-0.2, -0.15) is 0 Å². The molecule has 3 aromatic heterocycles. The average Bonchev–Trinajstić information content (AvgIpc) is 3.42. The number of ether oxygens (including phenoxy) is 1. The van der Waals surface area contributed by atoms with Crippen molar-refractivity contribution in [1.29, 1.82) is 0 Å². The maximum Gasteiger partial charge on any atom is 0.198 e. The second-order valence-corrected chi connectivity index (χ2v) is 7.49. The van der Waals surface area contributed by atoms with Crippen LogP contribution in [0.1, 0.15) is 18.6 Å². The predicted molar refractivity (Wildman–Crippen MR) is 112 cm³/mol. The first-order chi connectivity index (χ1) is 14.6. The Hall–Kier alpha value is -3.42. The van der Waals surface area contributed by atoms with E-state index < -0.39 is 6.17 Å². The second-order valence-electron chi connectivity index (χ2n) is 7.49. The number of aryl methyl sites for hydroxylation is 1. The predicted octanol–water partition coefficient (Wildman–Crippen LogP) is 4.54. The van der Waals surface area contributed by atoms with Crippen LogP contribution in [-0.2, 0) is 0 Å². The molecular weight excluding hydrogens is 385 g/mol. The number of fused-ring (bicyclic) bond motifs is 1. The molecule has 0 spiro atoms. The second kappa shape index (κ2) is 7.44. The van der Waals surface area contributed by atoms with Crippen molar-refractivity contribution < 1.29 is 13.5 Å². The third-order valence-electron chi connectivity index (χ3n) is 5.44. The number of nitrogens with one attached hydrogen (secondary N) is 1. The number of imidazole rings is 1. The van der Waals surface area contributed by atoms with Crippen molar-refractivity contribution in [1.82, 2.24) is 19.9 Å². The third-order valence-corrected chi connectivity index (χ3v) is 5.44. The molecule has 1 fully saturated rings. The fraction of sp³-hybridized carbons (Fsp3) is 0.318. The lowest BCUT2D eigenvalue weighted by molar-refractivity contribution is 0.277. The molecule has 0 radical (unpaired) electrons. The molecule has 0 bridgehead atoms. The van der Waals surface area contributed by atoms with Crippen molar-refractivity contribution in [2.45, 2.75) is 25.9 Å². The first-order valence-electron chi connectivity index (χ1n) is 9.97. The molecule has 0 atom stereocenters. The van der Waals surface area contributed by atoms with Gasteiger partial charge in [-0.1, -0.05) is 0 Å². The molecule has 1 aliphatic heterocycles. The number of hydrogen-bond acceptors (Lipinski definition) is 6. The van der Waals surface area contributed by atoms with Gasteiger partial charge in [0.25, 0.3) is 0 Å². The number of aromatic nitrogens is 4. The normalized spacial score (nSPS) is 15.1. The molecule has 30 heavy (non-hydrogen) atoms. The SMILES string of the molecule is COc1cc(-c2nc(-c3ccc(C)o3)nc3nc[nH]c23)cc(N2CCC(F)CC2)c1. The number of aromatic amines is 1. The molecule has 0 amide bonds. The summed E-state index contributed by atoms with van der Waals surface area (Å²) in [4.78, 5) is 19.0. The highest BCUT2D eigenvalue weighted by Gasteiger charge is 2.21. The quantitative estimate of drug-likeness (QED) is 0.535. The van der Waals surface area contributed by atoms with Crippen LogP contribution in [0.25, 0.3) is 34.0 Å². The van der Waals surface area contributed by atoms with Gasteiger partial charge in [-0.15, -0.1) is 0 Å². The van der Waals surface area contributed by atoms with Crippen molar-refractivity contribution in [3.05, 3.63) is 42.4 Å². The summed E-state index contributed by atoms with van der Waals surface area (Å²) in [6, 6.07) is 9.70. The minimum atomic E-state index is -0.725. The van der Waals surface area contributed by atoms with Crippen molar-refractivity contribution in [2.24, 2.45) is 0 Å². The zero-order valence-electron chi connectivity index (χ0n) is 16.9. The summed E-state index contributed by atoms with van der Waals surface area (Å²) in [6.45, 7) is 3.23. The monoisotopic (exact) mass is 407 g/mol. The summed E-state index contributed by atoms with van der Waals surface area (Å²) in [5.74, 6) is 2.57. The number of furan rings is 1. The van der Waals surface area contributed by atoms with Gasteiger partial charge in [-0.05, 0) is 44.0 Å². The zero-order valence-corrected chi connectivity index (χ0v) is 16.9. The van der Waals surface area contributed by atoms with E-state index in [-0.39, 0.29) is 0 Å². The molecule has 1 aromatic carbocycles. The standard InChI is InChI=1S/C22H22FN5O2/c1-13-3-4-18(30-13)21-26-19(20-22(27-21)25-12-24-20)14-9-16(11-17(10-14)29-2)28-7-5-15(23)6-8-28/h3-4,9-12,15H,5-8H2,1-2H3,(H,24,25,26,27). The van der Waals surface area contributed by atoms with Gasteiger partial charge in [0.15, 0.2) is 17.2 Å². The van der Waals surface area contributed by atoms with E-state index >= 15 is 0 Å². The lowest BCUT2D eigenvalue weighted by Gasteiger charge is -2.31. The van der Waals surface area contributed by atoms with Crippen LogP contribution in [0, 0.1) is 6.92 Å². The number of nitrogens with zero attached hydrogens (tertiary/aromatic N) is 4.